The van der Waals surface area contributed by atoms with E-state index in [4.69, 9.17) is 11.6 Å². The molecule has 0 unspecified atom stereocenters. The fourth-order valence-electron chi connectivity index (χ4n) is 1.61. The van der Waals surface area contributed by atoms with Crippen molar-refractivity contribution in [3.63, 3.8) is 0 Å². The van der Waals surface area contributed by atoms with Crippen LogP contribution in [0, 0.1) is 6.92 Å². The zero-order chi connectivity index (χ0) is 14.0. The summed E-state index contributed by atoms with van der Waals surface area (Å²) in [5, 5.41) is 12.3. The average molecular weight is 341 g/mol. The Hall–Kier alpha value is -1.52. The molecule has 0 aliphatic rings. The summed E-state index contributed by atoms with van der Waals surface area (Å²) in [5.74, 6) is -0.206. The number of carbonyl (C=O) groups excluding carboxylic acids is 1. The highest BCUT2D eigenvalue weighted by Gasteiger charge is 2.12. The van der Waals surface area contributed by atoms with Crippen LogP contribution in [0.3, 0.4) is 0 Å². The van der Waals surface area contributed by atoms with Crippen LogP contribution < -0.4 is 5.32 Å². The van der Waals surface area contributed by atoms with Crippen LogP contribution >= 0.6 is 27.5 Å². The van der Waals surface area contributed by atoms with Gasteiger partial charge >= 0.3 is 0 Å². The van der Waals surface area contributed by atoms with E-state index in [1.807, 2.05) is 19.1 Å². The average Bonchev–Trinajstić information content (AvgIpc) is 2.35. The number of phenols is 1. The van der Waals surface area contributed by atoms with Crippen LogP contribution in [0.1, 0.15) is 15.9 Å². The van der Waals surface area contributed by atoms with Gasteiger partial charge in [-0.3, -0.25) is 4.79 Å². The third-order valence-electron chi connectivity index (χ3n) is 2.57. The third-order valence-corrected chi connectivity index (χ3v) is 3.57. The molecule has 2 aromatic carbocycles. The summed E-state index contributed by atoms with van der Waals surface area (Å²) in [5.41, 5.74) is 1.98. The van der Waals surface area contributed by atoms with Gasteiger partial charge in [-0.1, -0.05) is 23.2 Å². The van der Waals surface area contributed by atoms with E-state index >= 15 is 0 Å². The molecule has 0 aliphatic heterocycles. The third kappa shape index (κ3) is 3.28. The molecule has 0 bridgehead atoms. The van der Waals surface area contributed by atoms with Gasteiger partial charge in [0, 0.05) is 10.5 Å². The van der Waals surface area contributed by atoms with Gasteiger partial charge in [0.25, 0.3) is 5.91 Å². The molecule has 2 rings (SSSR count). The lowest BCUT2D eigenvalue weighted by Crippen LogP contribution is -2.13. The molecule has 2 N–H and O–H groups in total. The first-order chi connectivity index (χ1) is 8.97. The van der Waals surface area contributed by atoms with Gasteiger partial charge in [-0.05, 0) is 47.1 Å². The molecule has 19 heavy (non-hydrogen) atoms. The lowest BCUT2D eigenvalue weighted by Gasteiger charge is -2.09. The fourth-order valence-corrected chi connectivity index (χ4v) is 2.26. The number of nitrogens with one attached hydrogen (secondary N) is 1. The fraction of sp³-hybridized carbons (Fsp3) is 0.0714. The smallest absolute Gasteiger partial charge is 0.256 e. The standard InChI is InChI=1S/C14H11BrClNO2/c1-8-2-4-11(15)10(6-8)14(19)17-13-5-3-9(18)7-12(13)16/h2-7,18H,1H3,(H,17,19). The van der Waals surface area contributed by atoms with Crippen LogP contribution in [-0.2, 0) is 0 Å². The zero-order valence-corrected chi connectivity index (χ0v) is 12.4. The van der Waals surface area contributed by atoms with Gasteiger partial charge in [-0.25, -0.2) is 0 Å². The molecule has 3 nitrogen and oxygen atoms in total. The monoisotopic (exact) mass is 339 g/mol. The van der Waals surface area contributed by atoms with Crippen LogP contribution in [0.25, 0.3) is 0 Å². The normalized spacial score (nSPS) is 10.3. The van der Waals surface area contributed by atoms with Crippen LogP contribution in [0.4, 0.5) is 5.69 Å². The van der Waals surface area contributed by atoms with Crippen molar-refractivity contribution in [3.8, 4) is 5.75 Å². The predicted molar refractivity (Wildman–Crippen MR) is 79.9 cm³/mol. The Bertz CT molecular complexity index is 643. The number of aryl methyl sites for hydroxylation is 1. The van der Waals surface area contributed by atoms with Gasteiger partial charge < -0.3 is 10.4 Å². The molecule has 1 amide bonds. The Kier molecular flexibility index (Phi) is 4.12. The van der Waals surface area contributed by atoms with Crippen molar-refractivity contribution in [2.75, 3.05) is 5.32 Å². The quantitative estimate of drug-likeness (QED) is 0.798. The minimum Gasteiger partial charge on any atom is -0.508 e. The van der Waals surface area contributed by atoms with Gasteiger partial charge in [0.1, 0.15) is 5.75 Å². The van der Waals surface area contributed by atoms with Gasteiger partial charge in [0.2, 0.25) is 0 Å². The van der Waals surface area contributed by atoms with Crippen molar-refractivity contribution in [3.05, 3.63) is 57.0 Å². The number of rotatable bonds is 2. The maximum Gasteiger partial charge on any atom is 0.256 e. The number of carbonyl (C=O) groups is 1. The van der Waals surface area contributed by atoms with E-state index in [-0.39, 0.29) is 16.7 Å². The Morgan fingerprint density at radius 1 is 1.26 bits per heavy atom. The summed E-state index contributed by atoms with van der Waals surface area (Å²) in [4.78, 5) is 12.2. The Balaban J connectivity index is 2.28. The number of hydrogen-bond donors (Lipinski definition) is 2. The molecule has 0 spiro atoms. The van der Waals surface area contributed by atoms with Crippen molar-refractivity contribution >= 4 is 39.1 Å². The molecule has 5 heteroatoms. The van der Waals surface area contributed by atoms with Crippen LogP contribution in [0.15, 0.2) is 40.9 Å². The molecule has 0 saturated heterocycles. The summed E-state index contributed by atoms with van der Waals surface area (Å²) in [6.07, 6.45) is 0. The maximum atomic E-state index is 12.2. The van der Waals surface area contributed by atoms with Gasteiger partial charge in [0.15, 0.2) is 0 Å². The van der Waals surface area contributed by atoms with E-state index in [9.17, 15) is 9.90 Å². The summed E-state index contributed by atoms with van der Waals surface area (Å²) in [7, 11) is 0. The van der Waals surface area contributed by atoms with Crippen molar-refractivity contribution < 1.29 is 9.90 Å². The van der Waals surface area contributed by atoms with Crippen molar-refractivity contribution in [2.24, 2.45) is 0 Å². The number of phenolic OH excluding ortho intramolecular Hbond substituents is 1. The lowest BCUT2D eigenvalue weighted by atomic mass is 10.1. The SMILES string of the molecule is Cc1ccc(Br)c(C(=O)Nc2ccc(O)cc2Cl)c1. The summed E-state index contributed by atoms with van der Waals surface area (Å²) in [6, 6.07) is 9.92. The first-order valence-corrected chi connectivity index (χ1v) is 6.70. The minimum atomic E-state index is -0.261. The molecule has 2 aromatic rings. The summed E-state index contributed by atoms with van der Waals surface area (Å²) in [6.45, 7) is 1.91. The largest absolute Gasteiger partial charge is 0.508 e. The molecule has 0 saturated carbocycles. The Morgan fingerprint density at radius 3 is 2.68 bits per heavy atom. The van der Waals surface area contributed by atoms with Crippen LogP contribution in [0.5, 0.6) is 5.75 Å². The second kappa shape index (κ2) is 5.63. The molecule has 0 fully saturated rings. The van der Waals surface area contributed by atoms with Crippen molar-refractivity contribution in [1.82, 2.24) is 0 Å². The molecular formula is C14H11BrClNO2. The Morgan fingerprint density at radius 2 is 2.00 bits per heavy atom. The maximum absolute atomic E-state index is 12.2. The highest BCUT2D eigenvalue weighted by molar-refractivity contribution is 9.10. The summed E-state index contributed by atoms with van der Waals surface area (Å²) < 4.78 is 0.713. The van der Waals surface area contributed by atoms with E-state index in [1.54, 1.807) is 12.1 Å². The molecule has 0 atom stereocenters. The Labute approximate surface area is 124 Å². The first-order valence-electron chi connectivity index (χ1n) is 5.53. The zero-order valence-electron chi connectivity index (χ0n) is 10.1. The van der Waals surface area contributed by atoms with Gasteiger partial charge in [-0.15, -0.1) is 0 Å². The molecule has 0 aromatic heterocycles. The first kappa shape index (κ1) is 13.9. The highest BCUT2D eigenvalue weighted by Crippen LogP contribution is 2.27. The second-order valence-electron chi connectivity index (χ2n) is 4.10. The number of amides is 1. The highest BCUT2D eigenvalue weighted by atomic mass is 79.9. The van der Waals surface area contributed by atoms with E-state index in [0.29, 0.717) is 15.7 Å². The van der Waals surface area contributed by atoms with E-state index in [2.05, 4.69) is 21.2 Å². The summed E-state index contributed by atoms with van der Waals surface area (Å²) >= 11 is 9.29. The number of halogens is 2. The molecule has 0 radical (unpaired) electrons. The topological polar surface area (TPSA) is 49.3 Å². The molecule has 0 aliphatic carbocycles. The second-order valence-corrected chi connectivity index (χ2v) is 5.36. The van der Waals surface area contributed by atoms with Crippen molar-refractivity contribution in [2.45, 2.75) is 6.92 Å². The van der Waals surface area contributed by atoms with E-state index < -0.39 is 0 Å². The van der Waals surface area contributed by atoms with Crippen molar-refractivity contribution in [1.29, 1.82) is 0 Å². The van der Waals surface area contributed by atoms with Crippen LogP contribution in [0.2, 0.25) is 5.02 Å². The predicted octanol–water partition coefficient (Wildman–Crippen LogP) is 4.37. The molecule has 98 valence electrons. The van der Waals surface area contributed by atoms with Crippen LogP contribution in [-0.4, -0.2) is 11.0 Å². The number of hydrogen-bond acceptors (Lipinski definition) is 2. The van der Waals surface area contributed by atoms with Gasteiger partial charge in [-0.2, -0.15) is 0 Å². The number of benzene rings is 2. The molecular weight excluding hydrogens is 330 g/mol. The number of anilines is 1. The molecule has 0 heterocycles. The van der Waals surface area contributed by atoms with Gasteiger partial charge in [0.05, 0.1) is 16.3 Å². The van der Waals surface area contributed by atoms with E-state index in [1.165, 1.54) is 12.1 Å². The number of aromatic hydroxyl groups is 1. The lowest BCUT2D eigenvalue weighted by molar-refractivity contribution is 0.102. The van der Waals surface area contributed by atoms with E-state index in [0.717, 1.165) is 5.56 Å². The minimum absolute atomic E-state index is 0.0553.